The van der Waals surface area contributed by atoms with Gasteiger partial charge >= 0.3 is 0 Å². The number of halogens is 2. The second-order valence-electron chi connectivity index (χ2n) is 6.03. The van der Waals surface area contributed by atoms with Crippen molar-refractivity contribution in [3.63, 3.8) is 0 Å². The second kappa shape index (κ2) is 6.74. The molecule has 0 N–H and O–H groups in total. The topological polar surface area (TPSA) is 17.1 Å². The number of hydrogen-bond acceptors (Lipinski definition) is 1. The molecule has 0 radical (unpaired) electrons. The lowest BCUT2D eigenvalue weighted by atomic mass is 9.89. The zero-order valence-electron chi connectivity index (χ0n) is 13.7. The van der Waals surface area contributed by atoms with E-state index in [1.807, 2.05) is 48.5 Å². The summed E-state index contributed by atoms with van der Waals surface area (Å²) in [5.41, 5.74) is 2.63. The fourth-order valence-corrected chi connectivity index (χ4v) is 3.42. The molecular formula is C23H14ClFO. The maximum atomic E-state index is 13.7. The third kappa shape index (κ3) is 2.89. The average Bonchev–Trinajstić information content (AvgIpc) is 2.67. The van der Waals surface area contributed by atoms with Crippen molar-refractivity contribution in [2.45, 2.75) is 0 Å². The average molecular weight is 361 g/mol. The van der Waals surface area contributed by atoms with Gasteiger partial charge in [0.15, 0.2) is 5.78 Å². The van der Waals surface area contributed by atoms with Crippen LogP contribution in [-0.2, 0) is 0 Å². The molecule has 0 aromatic heterocycles. The maximum absolute atomic E-state index is 13.7. The first-order valence-corrected chi connectivity index (χ1v) is 8.60. The second-order valence-corrected chi connectivity index (χ2v) is 6.44. The molecule has 0 fully saturated rings. The summed E-state index contributed by atoms with van der Waals surface area (Å²) in [5.74, 6) is -0.446. The van der Waals surface area contributed by atoms with Gasteiger partial charge in [-0.05, 0) is 34.5 Å². The zero-order chi connectivity index (χ0) is 18.1. The number of carbonyl (C=O) groups excluding carboxylic acids is 1. The van der Waals surface area contributed by atoms with Crippen molar-refractivity contribution in [1.82, 2.24) is 0 Å². The fourth-order valence-electron chi connectivity index (χ4n) is 3.18. The molecule has 0 heterocycles. The lowest BCUT2D eigenvalue weighted by Gasteiger charge is -2.14. The molecule has 3 heteroatoms. The highest BCUT2D eigenvalue weighted by molar-refractivity contribution is 6.34. The van der Waals surface area contributed by atoms with Gasteiger partial charge in [-0.1, -0.05) is 78.3 Å². The van der Waals surface area contributed by atoms with Gasteiger partial charge in [0.2, 0.25) is 0 Å². The van der Waals surface area contributed by atoms with E-state index in [0.717, 1.165) is 11.1 Å². The van der Waals surface area contributed by atoms with Crippen molar-refractivity contribution in [3.05, 3.63) is 107 Å². The van der Waals surface area contributed by atoms with Crippen molar-refractivity contribution in [2.75, 3.05) is 0 Å². The number of fused-ring (bicyclic) bond motifs is 1. The summed E-state index contributed by atoms with van der Waals surface area (Å²) in [6, 6.07) is 24.6. The van der Waals surface area contributed by atoms with E-state index in [0.29, 0.717) is 26.9 Å². The maximum Gasteiger partial charge on any atom is 0.194 e. The van der Waals surface area contributed by atoms with E-state index in [4.69, 9.17) is 11.6 Å². The molecule has 4 rings (SSSR count). The van der Waals surface area contributed by atoms with E-state index in [1.54, 1.807) is 24.3 Å². The van der Waals surface area contributed by atoms with Crippen LogP contribution in [0.15, 0.2) is 84.9 Å². The summed E-state index contributed by atoms with van der Waals surface area (Å²) in [6.07, 6.45) is 0. The summed E-state index contributed by atoms with van der Waals surface area (Å²) in [7, 11) is 0. The molecule has 0 aliphatic carbocycles. The van der Waals surface area contributed by atoms with Crippen molar-refractivity contribution >= 4 is 28.2 Å². The third-order valence-electron chi connectivity index (χ3n) is 4.41. The van der Waals surface area contributed by atoms with Crippen LogP contribution >= 0.6 is 11.6 Å². The Morgan fingerprint density at radius 3 is 2.27 bits per heavy atom. The molecule has 0 saturated heterocycles. The van der Waals surface area contributed by atoms with E-state index in [1.165, 1.54) is 12.1 Å². The summed E-state index contributed by atoms with van der Waals surface area (Å²) in [4.78, 5) is 13.3. The van der Waals surface area contributed by atoms with E-state index < -0.39 is 0 Å². The Labute approximate surface area is 155 Å². The Balaban J connectivity index is 2.05. The van der Waals surface area contributed by atoms with E-state index >= 15 is 0 Å². The number of hydrogen-bond donors (Lipinski definition) is 0. The molecule has 1 nitrogen and oxygen atoms in total. The quantitative estimate of drug-likeness (QED) is 0.379. The van der Waals surface area contributed by atoms with Gasteiger partial charge in [-0.15, -0.1) is 0 Å². The first kappa shape index (κ1) is 16.5. The molecule has 26 heavy (non-hydrogen) atoms. The number of benzene rings is 4. The van der Waals surface area contributed by atoms with Gasteiger partial charge in [-0.3, -0.25) is 4.79 Å². The highest BCUT2D eigenvalue weighted by Gasteiger charge is 2.19. The van der Waals surface area contributed by atoms with E-state index in [-0.39, 0.29) is 11.6 Å². The molecule has 0 spiro atoms. The molecule has 0 aliphatic heterocycles. The molecule has 0 saturated carbocycles. The van der Waals surface area contributed by atoms with Crippen LogP contribution < -0.4 is 0 Å². The van der Waals surface area contributed by atoms with Crippen molar-refractivity contribution < 1.29 is 9.18 Å². The molecule has 0 atom stereocenters. The molecule has 0 amide bonds. The molecule has 0 aliphatic rings. The standard InChI is InChI=1S/C23H14ClFO/c24-21-9-5-4-8-19(21)20-12-10-16-14-17(25)11-13-18(16)22(20)23(26)15-6-2-1-3-7-15/h1-14H. The fraction of sp³-hybridized carbons (Fsp3) is 0. The molecule has 0 bridgehead atoms. The lowest BCUT2D eigenvalue weighted by Crippen LogP contribution is -2.05. The van der Waals surface area contributed by atoms with Crippen molar-refractivity contribution in [1.29, 1.82) is 0 Å². The van der Waals surface area contributed by atoms with Gasteiger partial charge in [-0.25, -0.2) is 4.39 Å². The highest BCUT2D eigenvalue weighted by atomic mass is 35.5. The minimum atomic E-state index is -0.332. The van der Waals surface area contributed by atoms with Crippen molar-refractivity contribution in [2.24, 2.45) is 0 Å². The van der Waals surface area contributed by atoms with Crippen LogP contribution in [0.4, 0.5) is 4.39 Å². The lowest BCUT2D eigenvalue weighted by molar-refractivity contribution is 0.104. The van der Waals surface area contributed by atoms with Crippen LogP contribution in [0.5, 0.6) is 0 Å². The van der Waals surface area contributed by atoms with Crippen molar-refractivity contribution in [3.8, 4) is 11.1 Å². The summed E-state index contributed by atoms with van der Waals surface area (Å²) in [5, 5.41) is 1.95. The van der Waals surface area contributed by atoms with Gasteiger partial charge < -0.3 is 0 Å². The number of carbonyl (C=O) groups is 1. The van der Waals surface area contributed by atoms with Crippen LogP contribution in [0.1, 0.15) is 15.9 Å². The number of rotatable bonds is 3. The zero-order valence-corrected chi connectivity index (χ0v) is 14.5. The van der Waals surface area contributed by atoms with Gasteiger partial charge in [-0.2, -0.15) is 0 Å². The smallest absolute Gasteiger partial charge is 0.194 e. The van der Waals surface area contributed by atoms with Crippen LogP contribution in [0.25, 0.3) is 21.9 Å². The summed E-state index contributed by atoms with van der Waals surface area (Å²) in [6.45, 7) is 0. The predicted molar refractivity (Wildman–Crippen MR) is 104 cm³/mol. The third-order valence-corrected chi connectivity index (χ3v) is 4.74. The predicted octanol–water partition coefficient (Wildman–Crippen LogP) is 6.53. The molecule has 4 aromatic carbocycles. The Hall–Kier alpha value is -2.97. The van der Waals surface area contributed by atoms with Gasteiger partial charge in [0.1, 0.15) is 5.82 Å². The first-order chi connectivity index (χ1) is 12.6. The number of ketones is 1. The Morgan fingerprint density at radius 1 is 0.769 bits per heavy atom. The molecular weight excluding hydrogens is 347 g/mol. The van der Waals surface area contributed by atoms with Gasteiger partial charge in [0.05, 0.1) is 0 Å². The van der Waals surface area contributed by atoms with Crippen LogP contribution in [0, 0.1) is 5.82 Å². The minimum absolute atomic E-state index is 0.113. The van der Waals surface area contributed by atoms with Crippen LogP contribution in [0.2, 0.25) is 5.02 Å². The first-order valence-electron chi connectivity index (χ1n) is 8.22. The van der Waals surface area contributed by atoms with E-state index in [2.05, 4.69) is 0 Å². The summed E-state index contributed by atoms with van der Waals surface area (Å²) < 4.78 is 13.7. The van der Waals surface area contributed by atoms with Gasteiger partial charge in [0.25, 0.3) is 0 Å². The normalized spacial score (nSPS) is 10.8. The highest BCUT2D eigenvalue weighted by Crippen LogP contribution is 2.36. The Kier molecular flexibility index (Phi) is 4.27. The van der Waals surface area contributed by atoms with Crippen LogP contribution in [-0.4, -0.2) is 5.78 Å². The summed E-state index contributed by atoms with van der Waals surface area (Å²) >= 11 is 6.39. The largest absolute Gasteiger partial charge is 0.289 e. The SMILES string of the molecule is O=C(c1ccccc1)c1c(-c2ccccc2Cl)ccc2cc(F)ccc12. The van der Waals surface area contributed by atoms with Gasteiger partial charge in [0, 0.05) is 21.7 Å². The Bertz CT molecular complexity index is 1120. The monoisotopic (exact) mass is 360 g/mol. The molecule has 126 valence electrons. The minimum Gasteiger partial charge on any atom is -0.289 e. The van der Waals surface area contributed by atoms with E-state index in [9.17, 15) is 9.18 Å². The Morgan fingerprint density at radius 2 is 1.50 bits per heavy atom. The molecule has 0 unspecified atom stereocenters. The molecule has 4 aromatic rings. The van der Waals surface area contributed by atoms with Crippen LogP contribution in [0.3, 0.4) is 0 Å².